The molecule has 186 valence electrons. The highest BCUT2D eigenvalue weighted by Crippen LogP contribution is 2.37. The van der Waals surface area contributed by atoms with Crippen LogP contribution in [0.3, 0.4) is 0 Å². The van der Waals surface area contributed by atoms with Crippen molar-refractivity contribution in [2.75, 3.05) is 63.4 Å². The van der Waals surface area contributed by atoms with Gasteiger partial charge in [0.25, 0.3) is 0 Å². The van der Waals surface area contributed by atoms with Gasteiger partial charge in [0.05, 0.1) is 33.2 Å². The van der Waals surface area contributed by atoms with Crippen LogP contribution in [0.1, 0.15) is 6.92 Å². The van der Waals surface area contributed by atoms with Crippen LogP contribution in [0.25, 0.3) is 21.1 Å². The van der Waals surface area contributed by atoms with E-state index in [1.165, 1.54) is 0 Å². The molecule has 35 heavy (non-hydrogen) atoms. The maximum absolute atomic E-state index is 7.00. The molecule has 1 fully saturated rings. The van der Waals surface area contributed by atoms with Crippen molar-refractivity contribution < 1.29 is 9.84 Å². The van der Waals surface area contributed by atoms with Crippen LogP contribution in [0, 0.1) is 0 Å². The highest BCUT2D eigenvalue weighted by atomic mass is 32.2. The summed E-state index contributed by atoms with van der Waals surface area (Å²) in [6, 6.07) is 10.5. The molecule has 0 bridgehead atoms. The number of thioether (sulfide) groups is 1. The average Bonchev–Trinajstić information content (AvgIpc) is 3.36. The van der Waals surface area contributed by atoms with E-state index in [0.29, 0.717) is 11.9 Å². The van der Waals surface area contributed by atoms with Crippen LogP contribution < -0.4 is 15.0 Å². The first kappa shape index (κ1) is 25.4. The first-order valence-electron chi connectivity index (χ1n) is 11.5. The smallest absolute Gasteiger partial charge is 0.145 e. The number of ether oxygens (including phenoxy) is 1. The molecule has 2 N–H and O–H groups in total. The summed E-state index contributed by atoms with van der Waals surface area (Å²) in [6.07, 6.45) is 3.73. The summed E-state index contributed by atoms with van der Waals surface area (Å²) in [5.41, 5.74) is 5.88. The Labute approximate surface area is 214 Å². The zero-order chi connectivity index (χ0) is 24.8. The molecule has 3 heterocycles. The molecular weight excluding hydrogens is 480 g/mol. The Bertz CT molecular complexity index is 1260. The lowest BCUT2D eigenvalue weighted by molar-refractivity contribution is 0.312. The minimum Gasteiger partial charge on any atom is -0.492 e. The molecule has 1 atom stereocenters. The van der Waals surface area contributed by atoms with E-state index in [0.717, 1.165) is 77.4 Å². The summed E-state index contributed by atoms with van der Waals surface area (Å²) in [7, 11) is 3.17. The van der Waals surface area contributed by atoms with Gasteiger partial charge in [-0.15, -0.1) is 11.3 Å². The molecule has 2 aromatic heterocycles. The topological polar surface area (TPSA) is 86.6 Å². The molecule has 5 rings (SSSR count). The van der Waals surface area contributed by atoms with Gasteiger partial charge in [0, 0.05) is 56.0 Å². The van der Waals surface area contributed by atoms with Crippen LogP contribution in [0.5, 0.6) is 5.75 Å². The SMILES string of the molecule is CO.CSC(C)COc1cc(N2CCN(C)CC2)cc2ncnc(Nc3ccc4ncsc4c3)c12. The normalized spacial score (nSPS) is 15.1. The van der Waals surface area contributed by atoms with Crippen molar-refractivity contribution in [3.63, 3.8) is 0 Å². The molecule has 10 heteroatoms. The fourth-order valence-electron chi connectivity index (χ4n) is 3.94. The molecule has 4 aromatic rings. The Balaban J connectivity index is 0.00000141. The predicted octanol–water partition coefficient (Wildman–Crippen LogP) is 4.47. The number of thiazole rings is 1. The van der Waals surface area contributed by atoms with Crippen molar-refractivity contribution in [1.29, 1.82) is 0 Å². The third kappa shape index (κ3) is 5.95. The molecular formula is C25H32N6O2S2. The van der Waals surface area contributed by atoms with Gasteiger partial charge in [0.2, 0.25) is 0 Å². The highest BCUT2D eigenvalue weighted by molar-refractivity contribution is 7.99. The predicted molar refractivity (Wildman–Crippen MR) is 149 cm³/mol. The van der Waals surface area contributed by atoms with Gasteiger partial charge < -0.3 is 25.0 Å². The van der Waals surface area contributed by atoms with Gasteiger partial charge in [-0.3, -0.25) is 0 Å². The number of nitrogens with one attached hydrogen (secondary N) is 1. The van der Waals surface area contributed by atoms with Gasteiger partial charge in [0.15, 0.2) is 0 Å². The average molecular weight is 513 g/mol. The largest absolute Gasteiger partial charge is 0.492 e. The van der Waals surface area contributed by atoms with E-state index in [9.17, 15) is 0 Å². The van der Waals surface area contributed by atoms with E-state index in [1.54, 1.807) is 29.4 Å². The van der Waals surface area contributed by atoms with Crippen molar-refractivity contribution in [2.24, 2.45) is 0 Å². The van der Waals surface area contributed by atoms with E-state index in [2.05, 4.69) is 68.5 Å². The number of rotatable bonds is 7. The van der Waals surface area contributed by atoms with Gasteiger partial charge in [-0.1, -0.05) is 6.92 Å². The third-order valence-electron chi connectivity index (χ3n) is 6.02. The molecule has 0 radical (unpaired) electrons. The molecule has 0 amide bonds. The van der Waals surface area contributed by atoms with Crippen molar-refractivity contribution in [2.45, 2.75) is 12.2 Å². The number of aromatic nitrogens is 3. The fourth-order valence-corrected chi connectivity index (χ4v) is 4.86. The monoisotopic (exact) mass is 512 g/mol. The molecule has 0 saturated carbocycles. The number of hydrogen-bond acceptors (Lipinski definition) is 10. The summed E-state index contributed by atoms with van der Waals surface area (Å²) in [6.45, 7) is 6.89. The van der Waals surface area contributed by atoms with E-state index >= 15 is 0 Å². The van der Waals surface area contributed by atoms with Crippen LogP contribution in [-0.4, -0.2) is 83.4 Å². The molecule has 0 spiro atoms. The summed E-state index contributed by atoms with van der Waals surface area (Å²) < 4.78 is 7.51. The molecule has 0 aliphatic carbocycles. The second kappa shape index (κ2) is 11.9. The second-order valence-corrected chi connectivity index (χ2v) is 10.5. The standard InChI is InChI=1S/C24H28N6OS2.CH4O/c1-16(32-3)13-31-21-12-18(30-8-6-29(2)7-9-30)11-20-23(21)24(26-14-25-20)28-17-4-5-19-22(10-17)33-15-27-19;1-2/h4-5,10-12,14-16H,6-9,13H2,1-3H3,(H,25,26,28);2H,1H3. The third-order valence-corrected chi connectivity index (χ3v) is 7.76. The van der Waals surface area contributed by atoms with Gasteiger partial charge in [0.1, 0.15) is 17.9 Å². The molecule has 1 unspecified atom stereocenters. The molecule has 1 aliphatic heterocycles. The van der Waals surface area contributed by atoms with Gasteiger partial charge in [-0.2, -0.15) is 11.8 Å². The number of benzene rings is 2. The summed E-state index contributed by atoms with van der Waals surface area (Å²) >= 11 is 3.43. The first-order valence-corrected chi connectivity index (χ1v) is 13.7. The zero-order valence-corrected chi connectivity index (χ0v) is 22.2. The molecule has 1 saturated heterocycles. The number of aliphatic hydroxyl groups is 1. The number of piperazine rings is 1. The number of anilines is 3. The number of fused-ring (bicyclic) bond motifs is 2. The Hall–Kier alpha value is -2.66. The number of nitrogens with zero attached hydrogens (tertiary/aromatic N) is 5. The highest BCUT2D eigenvalue weighted by Gasteiger charge is 2.19. The van der Waals surface area contributed by atoms with Crippen molar-refractivity contribution >= 4 is 61.4 Å². The first-order chi connectivity index (χ1) is 17.1. The quantitative estimate of drug-likeness (QED) is 0.372. The lowest BCUT2D eigenvalue weighted by atomic mass is 10.1. The Morgan fingerprint density at radius 3 is 2.66 bits per heavy atom. The van der Waals surface area contributed by atoms with Crippen LogP contribution in [0.2, 0.25) is 0 Å². The van der Waals surface area contributed by atoms with Crippen LogP contribution in [0.15, 0.2) is 42.2 Å². The Morgan fingerprint density at radius 2 is 1.89 bits per heavy atom. The maximum atomic E-state index is 7.00. The van der Waals surface area contributed by atoms with Crippen molar-refractivity contribution in [3.8, 4) is 5.75 Å². The van der Waals surface area contributed by atoms with Crippen LogP contribution in [0.4, 0.5) is 17.2 Å². The fraction of sp³-hybridized carbons (Fsp3) is 0.400. The Morgan fingerprint density at radius 1 is 1.09 bits per heavy atom. The lowest BCUT2D eigenvalue weighted by Gasteiger charge is -2.34. The van der Waals surface area contributed by atoms with E-state index in [-0.39, 0.29) is 0 Å². The molecule has 2 aromatic carbocycles. The summed E-state index contributed by atoms with van der Waals surface area (Å²) in [4.78, 5) is 18.4. The van der Waals surface area contributed by atoms with E-state index in [1.807, 2.05) is 17.6 Å². The van der Waals surface area contributed by atoms with Crippen LogP contribution in [-0.2, 0) is 0 Å². The van der Waals surface area contributed by atoms with Gasteiger partial charge in [-0.25, -0.2) is 15.0 Å². The Kier molecular flexibility index (Phi) is 8.61. The molecule has 8 nitrogen and oxygen atoms in total. The van der Waals surface area contributed by atoms with Gasteiger partial charge >= 0.3 is 0 Å². The van der Waals surface area contributed by atoms with E-state index in [4.69, 9.17) is 9.84 Å². The minimum absolute atomic E-state index is 0.391. The lowest BCUT2D eigenvalue weighted by Crippen LogP contribution is -2.44. The number of hydrogen-bond donors (Lipinski definition) is 2. The van der Waals surface area contributed by atoms with Gasteiger partial charge in [-0.05, 0) is 37.6 Å². The van der Waals surface area contributed by atoms with E-state index < -0.39 is 0 Å². The minimum atomic E-state index is 0.391. The number of aliphatic hydroxyl groups excluding tert-OH is 1. The second-order valence-electron chi connectivity index (χ2n) is 8.37. The summed E-state index contributed by atoms with van der Waals surface area (Å²) in [5.74, 6) is 1.57. The maximum Gasteiger partial charge on any atom is 0.145 e. The molecule has 1 aliphatic rings. The van der Waals surface area contributed by atoms with Crippen LogP contribution >= 0.6 is 23.1 Å². The van der Waals surface area contributed by atoms with Crippen molar-refractivity contribution in [1.82, 2.24) is 19.9 Å². The number of likely N-dealkylation sites (N-methyl/N-ethyl adjacent to an activating group) is 1. The van der Waals surface area contributed by atoms with Crippen molar-refractivity contribution in [3.05, 3.63) is 42.2 Å². The summed E-state index contributed by atoms with van der Waals surface area (Å²) in [5, 5.41) is 11.8. The zero-order valence-electron chi connectivity index (χ0n) is 20.6.